The fourth-order valence-corrected chi connectivity index (χ4v) is 0. The van der Waals surface area contributed by atoms with Crippen LogP contribution in [0.1, 0.15) is 0 Å². The van der Waals surface area contributed by atoms with Crippen LogP contribution in [0.5, 0.6) is 0 Å². The third-order valence-electron chi connectivity index (χ3n) is 0.0660. The van der Waals surface area contributed by atoms with Gasteiger partial charge in [-0.05, 0) is 0 Å². The molecule has 0 aliphatic rings. The van der Waals surface area contributed by atoms with Gasteiger partial charge in [0, 0.05) is 0 Å². The first-order valence-corrected chi connectivity index (χ1v) is 1.54. The van der Waals surface area contributed by atoms with E-state index >= 15 is 0 Å². The van der Waals surface area contributed by atoms with Crippen molar-refractivity contribution in [3.05, 3.63) is 0 Å². The summed E-state index contributed by atoms with van der Waals surface area (Å²) in [6, 6.07) is 0. The molecule has 4 heteroatoms. The van der Waals surface area contributed by atoms with Crippen LogP contribution in [0.25, 0.3) is 0 Å². The van der Waals surface area contributed by atoms with Gasteiger partial charge in [0.1, 0.15) is 11.9 Å². The molecular formula is CHClO2S. The highest BCUT2D eigenvalue weighted by molar-refractivity contribution is 7.96. The monoisotopic (exact) mass is 112 g/mol. The first-order chi connectivity index (χ1) is 2.27. The first-order valence-electron chi connectivity index (χ1n) is 0.786. The lowest BCUT2D eigenvalue weighted by atomic mass is 11.6. The van der Waals surface area contributed by atoms with Gasteiger partial charge >= 0.3 is 5.30 Å². The third kappa shape index (κ3) is 4.11. The summed E-state index contributed by atoms with van der Waals surface area (Å²) in [5.74, 6) is 0. The summed E-state index contributed by atoms with van der Waals surface area (Å²) in [5.41, 5.74) is 0. The van der Waals surface area contributed by atoms with Crippen molar-refractivity contribution in [2.75, 3.05) is 0 Å². The number of halogens is 1. The van der Waals surface area contributed by atoms with E-state index in [1.54, 1.807) is 0 Å². The van der Waals surface area contributed by atoms with Gasteiger partial charge in [-0.2, -0.15) is 0 Å². The summed E-state index contributed by atoms with van der Waals surface area (Å²) in [7, 11) is 0. The predicted octanol–water partition coefficient (Wildman–Crippen LogP) is 1.21. The summed E-state index contributed by atoms with van der Waals surface area (Å²) in [6.45, 7) is 0. The van der Waals surface area contributed by atoms with Crippen molar-refractivity contribution in [2.24, 2.45) is 0 Å². The maximum absolute atomic E-state index is 9.32. The van der Waals surface area contributed by atoms with E-state index in [-0.39, 0.29) is 0 Å². The molecule has 0 heterocycles. The number of rotatable bonds is 0. The van der Waals surface area contributed by atoms with Crippen LogP contribution < -0.4 is 0 Å². The zero-order chi connectivity index (χ0) is 4.28. The van der Waals surface area contributed by atoms with Crippen molar-refractivity contribution in [1.82, 2.24) is 0 Å². The fraction of sp³-hybridized carbons (Fsp3) is 0. The molecule has 0 spiro atoms. The number of thiol groups is 1. The Hall–Kier alpha value is 0.110. The first kappa shape index (κ1) is 5.11. The van der Waals surface area contributed by atoms with Gasteiger partial charge in [-0.1, -0.05) is 12.6 Å². The average Bonchev–Trinajstić information content (AvgIpc) is 1.38. The highest BCUT2D eigenvalue weighted by atomic mass is 35.5. The van der Waals surface area contributed by atoms with E-state index in [1.807, 2.05) is 0 Å². The van der Waals surface area contributed by atoms with E-state index < -0.39 is 5.30 Å². The second kappa shape index (κ2) is 2.35. The van der Waals surface area contributed by atoms with Crippen LogP contribution in [0.15, 0.2) is 0 Å². The highest BCUT2D eigenvalue weighted by Crippen LogP contribution is 1.86. The van der Waals surface area contributed by atoms with Gasteiger partial charge in [0.05, 0.1) is 0 Å². The number of carbonyl (C=O) groups excluding carboxylic acids is 1. The smallest absolute Gasteiger partial charge is 0.339 e. The van der Waals surface area contributed by atoms with Gasteiger partial charge in [0.2, 0.25) is 0 Å². The Kier molecular flexibility index (Phi) is 2.41. The quantitative estimate of drug-likeness (QED) is 0.477. The lowest BCUT2D eigenvalue weighted by Crippen LogP contribution is -1.73. The lowest BCUT2D eigenvalue weighted by molar-refractivity contribution is 0.231. The van der Waals surface area contributed by atoms with Crippen molar-refractivity contribution in [2.45, 2.75) is 0 Å². The van der Waals surface area contributed by atoms with Crippen LogP contribution >= 0.6 is 24.5 Å². The zero-order valence-corrected chi connectivity index (χ0v) is 3.79. The maximum atomic E-state index is 9.32. The highest BCUT2D eigenvalue weighted by Gasteiger charge is 1.81. The van der Waals surface area contributed by atoms with E-state index in [4.69, 9.17) is 0 Å². The topological polar surface area (TPSA) is 26.3 Å². The molecule has 2 nitrogen and oxygen atoms in total. The van der Waals surface area contributed by atoms with Crippen molar-refractivity contribution in [3.8, 4) is 0 Å². The Balaban J connectivity index is 2.85. The molecule has 0 radical (unpaired) electrons. The van der Waals surface area contributed by atoms with Gasteiger partial charge in [-0.15, -0.1) is 0 Å². The van der Waals surface area contributed by atoms with Crippen molar-refractivity contribution >= 4 is 29.8 Å². The van der Waals surface area contributed by atoms with Crippen molar-refractivity contribution in [3.63, 3.8) is 0 Å². The Morgan fingerprint density at radius 2 is 2.20 bits per heavy atom. The standard InChI is InChI=1S/CHClO2S/c2-4-1(3)5/h(H,3,5). The number of hydrogen-bond donors (Lipinski definition) is 1. The minimum Gasteiger partial charge on any atom is -0.339 e. The van der Waals surface area contributed by atoms with Gasteiger partial charge < -0.3 is 4.29 Å². The van der Waals surface area contributed by atoms with Gasteiger partial charge in [0.15, 0.2) is 0 Å². The molecule has 0 atom stereocenters. The van der Waals surface area contributed by atoms with Crippen LogP contribution in [-0.4, -0.2) is 5.30 Å². The molecular weight excluding hydrogens is 112 g/mol. The molecule has 0 amide bonds. The van der Waals surface area contributed by atoms with Crippen LogP contribution in [0.3, 0.4) is 0 Å². The van der Waals surface area contributed by atoms with E-state index in [9.17, 15) is 4.79 Å². The SMILES string of the molecule is O=C(S)OCl. The van der Waals surface area contributed by atoms with Gasteiger partial charge in [-0.3, -0.25) is 0 Å². The molecule has 0 unspecified atom stereocenters. The zero-order valence-electron chi connectivity index (χ0n) is 2.14. The summed E-state index contributed by atoms with van der Waals surface area (Å²) >= 11 is 7.52. The van der Waals surface area contributed by atoms with E-state index in [1.165, 1.54) is 0 Å². The molecule has 0 fully saturated rings. The molecule has 0 N–H and O–H groups in total. The van der Waals surface area contributed by atoms with Crippen LogP contribution in [0.2, 0.25) is 0 Å². The normalized spacial score (nSPS) is 6.80. The van der Waals surface area contributed by atoms with Crippen molar-refractivity contribution < 1.29 is 9.08 Å². The molecule has 30 valence electrons. The molecule has 0 aromatic carbocycles. The molecule has 0 aliphatic carbocycles. The van der Waals surface area contributed by atoms with Crippen molar-refractivity contribution in [1.29, 1.82) is 0 Å². The lowest BCUT2D eigenvalue weighted by Gasteiger charge is -1.73. The van der Waals surface area contributed by atoms with Crippen LogP contribution in [0, 0.1) is 0 Å². The summed E-state index contributed by atoms with van der Waals surface area (Å²) in [4.78, 5) is 9.32. The average molecular weight is 113 g/mol. The number of hydrogen-bond acceptors (Lipinski definition) is 2. The largest absolute Gasteiger partial charge is 0.382 e. The molecule has 0 aromatic heterocycles. The molecule has 0 saturated heterocycles. The maximum Gasteiger partial charge on any atom is 0.382 e. The molecule has 0 aromatic rings. The molecule has 0 rings (SSSR count). The fourth-order valence-electron chi connectivity index (χ4n) is 0. The van der Waals surface area contributed by atoms with Gasteiger partial charge in [0.25, 0.3) is 0 Å². The Labute approximate surface area is 39.6 Å². The second-order valence-corrected chi connectivity index (χ2v) is 0.863. The van der Waals surface area contributed by atoms with Gasteiger partial charge in [-0.25, -0.2) is 4.79 Å². The van der Waals surface area contributed by atoms with Crippen LogP contribution in [-0.2, 0) is 4.29 Å². The molecule has 0 bridgehead atoms. The van der Waals surface area contributed by atoms with E-state index in [2.05, 4.69) is 28.8 Å². The Morgan fingerprint density at radius 3 is 2.20 bits per heavy atom. The Morgan fingerprint density at radius 1 is 2.00 bits per heavy atom. The summed E-state index contributed by atoms with van der Waals surface area (Å²) in [6.07, 6.45) is 0. The molecule has 0 aliphatic heterocycles. The van der Waals surface area contributed by atoms with Crippen LogP contribution in [0.4, 0.5) is 4.79 Å². The molecule has 5 heavy (non-hydrogen) atoms. The minimum absolute atomic E-state index is 0.785. The van der Waals surface area contributed by atoms with E-state index in [0.717, 1.165) is 0 Å². The summed E-state index contributed by atoms with van der Waals surface area (Å²) in [5, 5.41) is -0.785. The second-order valence-electron chi connectivity index (χ2n) is 0.343. The third-order valence-corrected chi connectivity index (χ3v) is 0.405. The number of carbonyl (C=O) groups is 1. The predicted molar refractivity (Wildman–Crippen MR) is 21.3 cm³/mol. The summed E-state index contributed by atoms with van der Waals surface area (Å²) < 4.78 is 3.45. The van der Waals surface area contributed by atoms with E-state index in [0.29, 0.717) is 0 Å². The molecule has 0 saturated carbocycles. The Bertz CT molecular complexity index is 44.9. The minimum atomic E-state index is -0.785.